The van der Waals surface area contributed by atoms with E-state index in [2.05, 4.69) is 54.3 Å². The zero-order chi connectivity index (χ0) is 29.3. The molecular weight excluding hydrogens is 551 g/mol. The minimum Gasteiger partial charge on any atom is -0.475 e. The number of sulfonamides is 1. The lowest BCUT2D eigenvalue weighted by atomic mass is 10.1. The molecule has 40 heavy (non-hydrogen) atoms. The average molecular weight is 582 g/mol. The van der Waals surface area contributed by atoms with E-state index in [-0.39, 0.29) is 4.90 Å². The van der Waals surface area contributed by atoms with Crippen LogP contribution in [0.15, 0.2) is 65.8 Å². The van der Waals surface area contributed by atoms with Crippen molar-refractivity contribution < 1.29 is 31.5 Å². The second-order valence-electron chi connectivity index (χ2n) is 8.86. The van der Waals surface area contributed by atoms with Crippen molar-refractivity contribution in [1.82, 2.24) is 24.5 Å². The maximum absolute atomic E-state index is 12.1. The number of carboxylic acids is 1. The molecule has 0 spiro atoms. The van der Waals surface area contributed by atoms with E-state index in [4.69, 9.17) is 9.90 Å². The number of halogens is 3. The number of alkyl halides is 3. The highest BCUT2D eigenvalue weighted by Crippen LogP contribution is 2.22. The van der Waals surface area contributed by atoms with E-state index >= 15 is 0 Å². The molecule has 0 bridgehead atoms. The Kier molecular flexibility index (Phi) is 10.4. The molecule has 2 heterocycles. The van der Waals surface area contributed by atoms with Crippen molar-refractivity contribution in [3.8, 4) is 0 Å². The predicted octanol–water partition coefficient (Wildman–Crippen LogP) is 3.25. The van der Waals surface area contributed by atoms with Crippen LogP contribution in [0.5, 0.6) is 0 Å². The Hall–Kier alpha value is -3.79. The van der Waals surface area contributed by atoms with Crippen LogP contribution in [0.25, 0.3) is 0 Å². The Bertz CT molecular complexity index is 1400. The fraction of sp³-hybridized carbons (Fsp3) is 0.320. The normalized spacial score (nSPS) is 14.6. The lowest BCUT2D eigenvalue weighted by molar-refractivity contribution is -0.192. The minimum absolute atomic E-state index is 0.180. The molecule has 2 aromatic carbocycles. The van der Waals surface area contributed by atoms with Gasteiger partial charge in [-0.1, -0.05) is 18.2 Å². The van der Waals surface area contributed by atoms with E-state index in [1.165, 1.54) is 18.9 Å². The number of rotatable bonds is 8. The van der Waals surface area contributed by atoms with Crippen LogP contribution in [0.2, 0.25) is 0 Å². The Morgan fingerprint density at radius 3 is 2.05 bits per heavy atom. The van der Waals surface area contributed by atoms with Crippen molar-refractivity contribution in [2.24, 2.45) is 0 Å². The summed E-state index contributed by atoms with van der Waals surface area (Å²) in [5.41, 5.74) is 2.82. The quantitative estimate of drug-likeness (QED) is 0.313. The maximum Gasteiger partial charge on any atom is 0.490 e. The van der Waals surface area contributed by atoms with Crippen LogP contribution in [0.4, 0.5) is 36.2 Å². The van der Waals surface area contributed by atoms with E-state index < -0.39 is 22.2 Å². The van der Waals surface area contributed by atoms with Gasteiger partial charge < -0.3 is 20.6 Å². The second-order valence-corrected chi connectivity index (χ2v) is 10.7. The van der Waals surface area contributed by atoms with Gasteiger partial charge in [0.25, 0.3) is 0 Å². The van der Waals surface area contributed by atoms with Gasteiger partial charge in [0.2, 0.25) is 10.0 Å². The maximum atomic E-state index is 12.1. The third-order valence-corrected chi connectivity index (χ3v) is 7.21. The van der Waals surface area contributed by atoms with Crippen molar-refractivity contribution in [3.63, 3.8) is 0 Å². The number of likely N-dealkylation sites (N-methyl/N-ethyl adjacent to an activating group) is 1. The smallest absolute Gasteiger partial charge is 0.475 e. The third-order valence-electron chi connectivity index (χ3n) is 5.80. The predicted molar refractivity (Wildman–Crippen MR) is 144 cm³/mol. The van der Waals surface area contributed by atoms with Crippen molar-refractivity contribution in [1.29, 1.82) is 0 Å². The van der Waals surface area contributed by atoms with Crippen LogP contribution in [-0.4, -0.2) is 85.7 Å². The number of carbonyl (C=O) groups is 1. The second kappa shape index (κ2) is 13.5. The number of aliphatic carboxylic acids is 1. The van der Waals surface area contributed by atoms with Gasteiger partial charge in [-0.2, -0.15) is 13.2 Å². The molecule has 11 nitrogen and oxygen atoms in total. The summed E-state index contributed by atoms with van der Waals surface area (Å²) < 4.78 is 58.2. The number of aromatic nitrogens is 2. The molecule has 0 atom stereocenters. The van der Waals surface area contributed by atoms with Gasteiger partial charge in [-0.3, -0.25) is 4.90 Å². The number of hydrogen-bond donors (Lipinski definition) is 4. The van der Waals surface area contributed by atoms with Crippen molar-refractivity contribution in [2.45, 2.75) is 17.6 Å². The van der Waals surface area contributed by atoms with Crippen molar-refractivity contribution in [2.75, 3.05) is 50.9 Å². The van der Waals surface area contributed by atoms with Gasteiger partial charge in [0, 0.05) is 50.2 Å². The Morgan fingerprint density at radius 1 is 0.950 bits per heavy atom. The molecule has 0 amide bonds. The fourth-order valence-corrected chi connectivity index (χ4v) is 4.44. The Labute approximate surface area is 230 Å². The summed E-state index contributed by atoms with van der Waals surface area (Å²) in [5, 5.41) is 13.6. The first kappa shape index (κ1) is 30.7. The first-order chi connectivity index (χ1) is 18.9. The van der Waals surface area contributed by atoms with E-state index in [1.807, 2.05) is 12.1 Å². The van der Waals surface area contributed by atoms with Gasteiger partial charge in [-0.15, -0.1) is 0 Å². The van der Waals surface area contributed by atoms with Crippen LogP contribution in [0, 0.1) is 0 Å². The molecule has 1 saturated heterocycles. The van der Waals surface area contributed by atoms with E-state index in [1.54, 1.807) is 30.3 Å². The standard InChI is InChI=1S/C23H29N7O2S.C2HF3O2/c1-24-33(31,32)21-8-4-7-20(14-21)28-23-15-22(25-17-26-23)27-19-6-3-5-18(13-19)16-30-11-9-29(2)10-12-30;3-2(4,5)1(6)7/h3-8,13-15,17,24H,9-12,16H2,1-2H3,(H2,25,26,27,28);(H,6,7). The molecular formula is C25H30F3N7O4S. The van der Waals surface area contributed by atoms with Gasteiger partial charge in [-0.25, -0.2) is 27.9 Å². The van der Waals surface area contributed by atoms with Gasteiger partial charge in [0.15, 0.2) is 0 Å². The van der Waals surface area contributed by atoms with Crippen molar-refractivity contribution >= 4 is 39.0 Å². The third kappa shape index (κ3) is 9.44. The number of benzene rings is 2. The molecule has 1 aromatic heterocycles. The average Bonchev–Trinajstić information content (AvgIpc) is 2.90. The summed E-state index contributed by atoms with van der Waals surface area (Å²) in [6.07, 6.45) is -3.62. The Morgan fingerprint density at radius 2 is 1.50 bits per heavy atom. The molecule has 4 N–H and O–H groups in total. The number of anilines is 4. The lowest BCUT2D eigenvalue weighted by Crippen LogP contribution is -2.43. The van der Waals surface area contributed by atoms with Crippen LogP contribution in [0.3, 0.4) is 0 Å². The summed E-state index contributed by atoms with van der Waals surface area (Å²) in [5.74, 6) is -1.56. The molecule has 1 aliphatic rings. The number of nitrogens with zero attached hydrogens (tertiary/aromatic N) is 4. The molecule has 4 rings (SSSR count). The van der Waals surface area contributed by atoms with E-state index in [9.17, 15) is 21.6 Å². The van der Waals surface area contributed by atoms with Crippen LogP contribution in [0.1, 0.15) is 5.56 Å². The Balaban J connectivity index is 0.000000559. The lowest BCUT2D eigenvalue weighted by Gasteiger charge is -2.32. The largest absolute Gasteiger partial charge is 0.490 e. The molecule has 0 unspecified atom stereocenters. The van der Waals surface area contributed by atoms with Crippen LogP contribution < -0.4 is 15.4 Å². The molecule has 0 aliphatic carbocycles. The SMILES string of the molecule is CNS(=O)(=O)c1cccc(Nc2cc(Nc3cccc(CN4CCN(C)CC4)c3)ncn2)c1.O=C(O)C(F)(F)F. The molecule has 0 radical (unpaired) electrons. The molecule has 1 fully saturated rings. The highest BCUT2D eigenvalue weighted by molar-refractivity contribution is 7.89. The highest BCUT2D eigenvalue weighted by Gasteiger charge is 2.38. The van der Waals surface area contributed by atoms with Crippen molar-refractivity contribution in [3.05, 3.63) is 66.5 Å². The number of nitrogens with one attached hydrogen (secondary N) is 3. The number of piperazine rings is 1. The fourth-order valence-electron chi connectivity index (χ4n) is 3.66. The molecule has 216 valence electrons. The van der Waals surface area contributed by atoms with Gasteiger partial charge in [0.05, 0.1) is 4.90 Å². The summed E-state index contributed by atoms with van der Waals surface area (Å²) in [6.45, 7) is 5.26. The van der Waals surface area contributed by atoms with Crippen LogP contribution >= 0.6 is 0 Å². The summed E-state index contributed by atoms with van der Waals surface area (Å²) in [7, 11) is 0.0269. The van der Waals surface area contributed by atoms with Gasteiger partial charge in [-0.05, 0) is 50.0 Å². The first-order valence-corrected chi connectivity index (χ1v) is 13.5. The summed E-state index contributed by atoms with van der Waals surface area (Å²) in [4.78, 5) is 22.5. The molecule has 15 heteroatoms. The molecule has 3 aromatic rings. The zero-order valence-electron chi connectivity index (χ0n) is 21.8. The molecule has 1 aliphatic heterocycles. The van der Waals surface area contributed by atoms with Gasteiger partial charge >= 0.3 is 12.1 Å². The number of hydrogen-bond acceptors (Lipinski definition) is 9. The number of carboxylic acid groups (broad SMARTS) is 1. The first-order valence-electron chi connectivity index (χ1n) is 12.1. The topological polar surface area (TPSA) is 140 Å². The minimum atomic E-state index is -5.08. The zero-order valence-corrected chi connectivity index (χ0v) is 22.6. The monoisotopic (exact) mass is 581 g/mol. The molecule has 0 saturated carbocycles. The highest BCUT2D eigenvalue weighted by atomic mass is 32.2. The summed E-state index contributed by atoms with van der Waals surface area (Å²) in [6, 6.07) is 16.7. The van der Waals surface area contributed by atoms with Crippen LogP contribution in [-0.2, 0) is 21.4 Å². The van der Waals surface area contributed by atoms with E-state index in [0.29, 0.717) is 17.3 Å². The van der Waals surface area contributed by atoms with E-state index in [0.717, 1.165) is 38.4 Å². The summed E-state index contributed by atoms with van der Waals surface area (Å²) >= 11 is 0. The van der Waals surface area contributed by atoms with Gasteiger partial charge in [0.1, 0.15) is 18.0 Å².